The molecule has 19 heavy (non-hydrogen) atoms. The number of anilines is 1. The second kappa shape index (κ2) is 5.69. The van der Waals surface area contributed by atoms with Gasteiger partial charge in [-0.1, -0.05) is 12.8 Å². The van der Waals surface area contributed by atoms with E-state index in [1.807, 2.05) is 0 Å². The topological polar surface area (TPSA) is 91.3 Å². The molecule has 0 radical (unpaired) electrons. The number of pyridine rings is 1. The van der Waals surface area contributed by atoms with E-state index in [4.69, 9.17) is 5.11 Å². The second-order valence-electron chi connectivity index (χ2n) is 4.88. The van der Waals surface area contributed by atoms with Crippen molar-refractivity contribution in [1.82, 2.24) is 10.3 Å². The predicted octanol–water partition coefficient (Wildman–Crippen LogP) is 1.99. The normalized spacial score (nSPS) is 16.8. The third-order valence-corrected chi connectivity index (χ3v) is 3.35. The Balaban J connectivity index is 1.97. The molecule has 2 rings (SSSR count). The monoisotopic (exact) mass is 263 g/mol. The number of rotatable bonds is 4. The minimum atomic E-state index is -0.886. The number of carboxylic acids is 1. The van der Waals surface area contributed by atoms with Crippen molar-refractivity contribution in [1.29, 1.82) is 0 Å². The van der Waals surface area contributed by atoms with Gasteiger partial charge in [0.25, 0.3) is 0 Å². The Morgan fingerprint density at radius 2 is 2.11 bits per heavy atom. The fraction of sp³-hybridized carbons (Fsp3) is 0.462. The summed E-state index contributed by atoms with van der Waals surface area (Å²) in [4.78, 5) is 26.7. The standard InChI is InChI=1S/C13H17N3O3/c17-11(18)8-13(5-1-2-6-13)16-12(19)15-10-4-3-7-14-9-10/h3-4,7,9H,1-2,5-6,8H2,(H,17,18)(H2,15,16,19). The van der Waals surface area contributed by atoms with Crippen LogP contribution in [-0.4, -0.2) is 27.6 Å². The molecular weight excluding hydrogens is 246 g/mol. The molecule has 1 aliphatic carbocycles. The number of amides is 2. The van der Waals surface area contributed by atoms with E-state index in [9.17, 15) is 9.59 Å². The molecule has 6 nitrogen and oxygen atoms in total. The molecule has 2 amide bonds. The molecule has 1 fully saturated rings. The van der Waals surface area contributed by atoms with Crippen LogP contribution in [-0.2, 0) is 4.79 Å². The second-order valence-corrected chi connectivity index (χ2v) is 4.88. The molecule has 6 heteroatoms. The van der Waals surface area contributed by atoms with Crippen LogP contribution in [0.2, 0.25) is 0 Å². The molecule has 1 aromatic heterocycles. The van der Waals surface area contributed by atoms with Gasteiger partial charge in [-0.25, -0.2) is 4.79 Å². The number of carbonyl (C=O) groups is 2. The lowest BCUT2D eigenvalue weighted by Crippen LogP contribution is -2.49. The number of nitrogens with zero attached hydrogens (tertiary/aromatic N) is 1. The van der Waals surface area contributed by atoms with Gasteiger partial charge in [-0.3, -0.25) is 9.78 Å². The molecule has 1 aliphatic rings. The molecular formula is C13H17N3O3. The first-order chi connectivity index (χ1) is 9.10. The minimum absolute atomic E-state index is 0.0343. The summed E-state index contributed by atoms with van der Waals surface area (Å²) < 4.78 is 0. The van der Waals surface area contributed by atoms with Crippen molar-refractivity contribution in [2.75, 3.05) is 5.32 Å². The van der Waals surface area contributed by atoms with Crippen LogP contribution in [0.4, 0.5) is 10.5 Å². The molecule has 0 bridgehead atoms. The van der Waals surface area contributed by atoms with Crippen molar-refractivity contribution < 1.29 is 14.7 Å². The van der Waals surface area contributed by atoms with Crippen LogP contribution in [0.25, 0.3) is 0 Å². The Morgan fingerprint density at radius 3 is 2.68 bits per heavy atom. The van der Waals surface area contributed by atoms with Crippen LogP contribution in [0.1, 0.15) is 32.1 Å². The fourth-order valence-corrected chi connectivity index (χ4v) is 2.53. The van der Waals surface area contributed by atoms with Gasteiger partial charge in [0.15, 0.2) is 0 Å². The first-order valence-corrected chi connectivity index (χ1v) is 6.31. The maximum atomic E-state index is 11.9. The lowest BCUT2D eigenvalue weighted by atomic mass is 9.93. The molecule has 3 N–H and O–H groups in total. The van der Waals surface area contributed by atoms with Crippen LogP contribution in [0.3, 0.4) is 0 Å². The first kappa shape index (κ1) is 13.3. The zero-order valence-electron chi connectivity index (χ0n) is 10.6. The van der Waals surface area contributed by atoms with Crippen molar-refractivity contribution in [3.8, 4) is 0 Å². The van der Waals surface area contributed by atoms with E-state index in [2.05, 4.69) is 15.6 Å². The number of aromatic nitrogens is 1. The van der Waals surface area contributed by atoms with Crippen LogP contribution in [0.15, 0.2) is 24.5 Å². The van der Waals surface area contributed by atoms with Gasteiger partial charge in [-0.15, -0.1) is 0 Å². The van der Waals surface area contributed by atoms with Gasteiger partial charge in [0, 0.05) is 6.20 Å². The fourth-order valence-electron chi connectivity index (χ4n) is 2.53. The average molecular weight is 263 g/mol. The third kappa shape index (κ3) is 3.67. The van der Waals surface area contributed by atoms with Crippen molar-refractivity contribution in [3.63, 3.8) is 0 Å². The Hall–Kier alpha value is -2.11. The van der Waals surface area contributed by atoms with Crippen molar-refractivity contribution >= 4 is 17.7 Å². The maximum absolute atomic E-state index is 11.9. The van der Waals surface area contributed by atoms with E-state index < -0.39 is 11.5 Å². The smallest absolute Gasteiger partial charge is 0.319 e. The minimum Gasteiger partial charge on any atom is -0.481 e. The summed E-state index contributed by atoms with van der Waals surface area (Å²) in [5.74, 6) is -0.886. The third-order valence-electron chi connectivity index (χ3n) is 3.35. The summed E-state index contributed by atoms with van der Waals surface area (Å²) in [6, 6.07) is 3.07. The summed E-state index contributed by atoms with van der Waals surface area (Å²) in [5, 5.41) is 14.4. The molecule has 1 heterocycles. The van der Waals surface area contributed by atoms with Gasteiger partial charge in [0.05, 0.1) is 23.8 Å². The Kier molecular flexibility index (Phi) is 3.99. The highest BCUT2D eigenvalue weighted by Gasteiger charge is 2.37. The van der Waals surface area contributed by atoms with E-state index in [0.717, 1.165) is 12.8 Å². The summed E-state index contributed by atoms with van der Waals surface area (Å²) in [7, 11) is 0. The quantitative estimate of drug-likeness (QED) is 0.774. The van der Waals surface area contributed by atoms with E-state index in [0.29, 0.717) is 18.5 Å². The lowest BCUT2D eigenvalue weighted by Gasteiger charge is -2.28. The molecule has 0 atom stereocenters. The molecule has 102 valence electrons. The maximum Gasteiger partial charge on any atom is 0.319 e. The van der Waals surface area contributed by atoms with Gasteiger partial charge in [0.1, 0.15) is 0 Å². The number of carboxylic acid groups (broad SMARTS) is 1. The highest BCUT2D eigenvalue weighted by atomic mass is 16.4. The number of hydrogen-bond donors (Lipinski definition) is 3. The van der Waals surface area contributed by atoms with Gasteiger partial charge in [-0.2, -0.15) is 0 Å². The molecule has 0 unspecified atom stereocenters. The first-order valence-electron chi connectivity index (χ1n) is 6.31. The van der Waals surface area contributed by atoms with E-state index in [1.54, 1.807) is 18.3 Å². The Morgan fingerprint density at radius 1 is 1.37 bits per heavy atom. The van der Waals surface area contributed by atoms with E-state index >= 15 is 0 Å². The van der Waals surface area contributed by atoms with Crippen molar-refractivity contribution in [3.05, 3.63) is 24.5 Å². The number of nitrogens with one attached hydrogen (secondary N) is 2. The van der Waals surface area contributed by atoms with Gasteiger partial charge < -0.3 is 15.7 Å². The van der Waals surface area contributed by atoms with Gasteiger partial charge >= 0.3 is 12.0 Å². The summed E-state index contributed by atoms with van der Waals surface area (Å²) in [6.45, 7) is 0. The molecule has 0 aromatic carbocycles. The van der Waals surface area contributed by atoms with Gasteiger partial charge in [-0.05, 0) is 25.0 Å². The van der Waals surface area contributed by atoms with Gasteiger partial charge in [0.2, 0.25) is 0 Å². The predicted molar refractivity (Wildman–Crippen MR) is 69.8 cm³/mol. The number of carbonyl (C=O) groups excluding carboxylic acids is 1. The van der Waals surface area contributed by atoms with E-state index in [1.165, 1.54) is 6.20 Å². The van der Waals surface area contributed by atoms with Crippen LogP contribution >= 0.6 is 0 Å². The van der Waals surface area contributed by atoms with Crippen molar-refractivity contribution in [2.45, 2.75) is 37.6 Å². The number of urea groups is 1. The zero-order chi connectivity index (χ0) is 13.7. The number of hydrogen-bond acceptors (Lipinski definition) is 3. The van der Waals surface area contributed by atoms with Crippen molar-refractivity contribution in [2.24, 2.45) is 0 Å². The molecule has 1 saturated carbocycles. The molecule has 0 spiro atoms. The molecule has 1 aromatic rings. The average Bonchev–Trinajstić information content (AvgIpc) is 2.77. The highest BCUT2D eigenvalue weighted by Crippen LogP contribution is 2.32. The van der Waals surface area contributed by atoms with Crippen LogP contribution < -0.4 is 10.6 Å². The Labute approximate surface area is 111 Å². The molecule has 0 saturated heterocycles. The number of aliphatic carboxylic acids is 1. The summed E-state index contributed by atoms with van der Waals surface area (Å²) >= 11 is 0. The summed E-state index contributed by atoms with van der Waals surface area (Å²) in [5.41, 5.74) is -0.0264. The van der Waals surface area contributed by atoms with Crippen LogP contribution in [0.5, 0.6) is 0 Å². The highest BCUT2D eigenvalue weighted by molar-refractivity contribution is 5.90. The zero-order valence-corrected chi connectivity index (χ0v) is 10.6. The Bertz CT molecular complexity index is 455. The van der Waals surface area contributed by atoms with Crippen LogP contribution in [0, 0.1) is 0 Å². The lowest BCUT2D eigenvalue weighted by molar-refractivity contribution is -0.138. The van der Waals surface area contributed by atoms with E-state index in [-0.39, 0.29) is 12.5 Å². The largest absolute Gasteiger partial charge is 0.481 e. The summed E-state index contributed by atoms with van der Waals surface area (Å²) in [6.07, 6.45) is 6.43. The molecule has 0 aliphatic heterocycles. The SMILES string of the molecule is O=C(O)CC1(NC(=O)Nc2cccnc2)CCCC1.